The van der Waals surface area contributed by atoms with E-state index in [0.29, 0.717) is 10.6 Å². The maximum atomic E-state index is 12.9. The third-order valence-electron chi connectivity index (χ3n) is 4.04. The zero-order valence-corrected chi connectivity index (χ0v) is 14.9. The Labute approximate surface area is 133 Å². The van der Waals surface area contributed by atoms with Crippen LogP contribution in [0.1, 0.15) is 33.4 Å². The third kappa shape index (κ3) is 3.17. The van der Waals surface area contributed by atoms with Crippen molar-refractivity contribution in [1.82, 2.24) is 0 Å². The van der Waals surface area contributed by atoms with Gasteiger partial charge in [0.25, 0.3) is 10.0 Å². The summed E-state index contributed by atoms with van der Waals surface area (Å²) in [6, 6.07) is 7.74. The Bertz CT molecular complexity index is 790. The van der Waals surface area contributed by atoms with Crippen LogP contribution < -0.4 is 4.72 Å². The molecule has 118 valence electrons. The number of anilines is 1. The Kier molecular flexibility index (Phi) is 4.34. The molecule has 0 amide bonds. The highest BCUT2D eigenvalue weighted by atomic mass is 32.2. The van der Waals surface area contributed by atoms with E-state index in [9.17, 15) is 8.42 Å². The highest BCUT2D eigenvalue weighted by molar-refractivity contribution is 7.92. The van der Waals surface area contributed by atoms with Crippen molar-refractivity contribution < 1.29 is 8.42 Å². The van der Waals surface area contributed by atoms with Crippen molar-refractivity contribution in [2.45, 2.75) is 46.4 Å². The Morgan fingerprint density at radius 2 is 1.18 bits per heavy atom. The molecule has 4 heteroatoms. The smallest absolute Gasteiger partial charge is 0.262 e. The van der Waals surface area contributed by atoms with Crippen LogP contribution in [-0.4, -0.2) is 8.42 Å². The first kappa shape index (κ1) is 16.6. The van der Waals surface area contributed by atoms with Crippen LogP contribution in [0.15, 0.2) is 29.2 Å². The molecule has 22 heavy (non-hydrogen) atoms. The molecule has 0 atom stereocenters. The summed E-state index contributed by atoms with van der Waals surface area (Å²) < 4.78 is 28.4. The van der Waals surface area contributed by atoms with Gasteiger partial charge < -0.3 is 0 Å². The van der Waals surface area contributed by atoms with Crippen molar-refractivity contribution >= 4 is 15.7 Å². The molecule has 0 fully saturated rings. The summed E-state index contributed by atoms with van der Waals surface area (Å²) in [5.41, 5.74) is 6.27. The van der Waals surface area contributed by atoms with Gasteiger partial charge in [-0.3, -0.25) is 4.72 Å². The zero-order chi connectivity index (χ0) is 16.7. The molecule has 2 aromatic carbocycles. The van der Waals surface area contributed by atoms with Gasteiger partial charge in [0.05, 0.1) is 4.90 Å². The Hall–Kier alpha value is -1.81. The quantitative estimate of drug-likeness (QED) is 0.915. The van der Waals surface area contributed by atoms with Gasteiger partial charge in [-0.2, -0.15) is 0 Å². The Balaban J connectivity index is 2.56. The number of sulfonamides is 1. The molecule has 0 aromatic heterocycles. The van der Waals surface area contributed by atoms with Gasteiger partial charge >= 0.3 is 0 Å². The molecule has 2 rings (SSSR count). The van der Waals surface area contributed by atoms with Crippen molar-refractivity contribution in [3.05, 3.63) is 57.6 Å². The topological polar surface area (TPSA) is 46.2 Å². The number of nitrogens with one attached hydrogen (secondary N) is 1. The summed E-state index contributed by atoms with van der Waals surface area (Å²) in [4.78, 5) is 0.393. The van der Waals surface area contributed by atoms with E-state index < -0.39 is 10.0 Å². The first-order chi connectivity index (χ1) is 10.1. The van der Waals surface area contributed by atoms with Gasteiger partial charge in [-0.1, -0.05) is 12.1 Å². The maximum absolute atomic E-state index is 12.9. The van der Waals surface area contributed by atoms with Crippen LogP contribution in [0.5, 0.6) is 0 Å². The average Bonchev–Trinajstić information content (AvgIpc) is 2.34. The summed E-state index contributed by atoms with van der Waals surface area (Å²) in [5, 5.41) is 0. The fourth-order valence-corrected chi connectivity index (χ4v) is 4.48. The fourth-order valence-electron chi connectivity index (χ4n) is 2.82. The highest BCUT2D eigenvalue weighted by Crippen LogP contribution is 2.28. The molecular formula is C18H23NO2S. The number of hydrogen-bond donors (Lipinski definition) is 1. The lowest BCUT2D eigenvalue weighted by Gasteiger charge is -2.17. The second-order valence-corrected chi connectivity index (χ2v) is 7.69. The molecule has 0 aliphatic carbocycles. The molecule has 0 saturated heterocycles. The lowest BCUT2D eigenvalue weighted by molar-refractivity contribution is 0.599. The molecule has 0 radical (unpaired) electrons. The predicted molar refractivity (Wildman–Crippen MR) is 92.1 cm³/mol. The van der Waals surface area contributed by atoms with Gasteiger partial charge in [0.2, 0.25) is 0 Å². The van der Waals surface area contributed by atoms with E-state index in [-0.39, 0.29) is 0 Å². The lowest BCUT2D eigenvalue weighted by atomic mass is 10.0. The largest absolute Gasteiger partial charge is 0.280 e. The van der Waals surface area contributed by atoms with Gasteiger partial charge in [-0.05, 0) is 87.1 Å². The molecule has 0 aliphatic heterocycles. The summed E-state index contributed by atoms with van der Waals surface area (Å²) in [5.74, 6) is 0. The number of hydrogen-bond acceptors (Lipinski definition) is 2. The van der Waals surface area contributed by atoms with Crippen LogP contribution >= 0.6 is 0 Å². The van der Waals surface area contributed by atoms with Crippen LogP contribution in [0.4, 0.5) is 5.69 Å². The summed E-state index contributed by atoms with van der Waals surface area (Å²) in [6.45, 7) is 11.5. The van der Waals surface area contributed by atoms with Gasteiger partial charge in [-0.25, -0.2) is 8.42 Å². The van der Waals surface area contributed by atoms with Gasteiger partial charge in [0, 0.05) is 5.69 Å². The first-order valence-corrected chi connectivity index (χ1v) is 8.78. The molecule has 0 spiro atoms. The minimum absolute atomic E-state index is 0.393. The summed E-state index contributed by atoms with van der Waals surface area (Å²) in [6.07, 6.45) is 0. The van der Waals surface area contributed by atoms with Crippen LogP contribution in [-0.2, 0) is 10.0 Å². The van der Waals surface area contributed by atoms with E-state index in [2.05, 4.69) is 4.72 Å². The molecule has 0 heterocycles. The monoisotopic (exact) mass is 317 g/mol. The minimum Gasteiger partial charge on any atom is -0.280 e. The first-order valence-electron chi connectivity index (χ1n) is 7.30. The van der Waals surface area contributed by atoms with E-state index in [1.165, 1.54) is 0 Å². The number of benzene rings is 2. The fraction of sp³-hybridized carbons (Fsp3) is 0.333. The number of rotatable bonds is 3. The highest BCUT2D eigenvalue weighted by Gasteiger charge is 2.22. The van der Waals surface area contributed by atoms with Crippen molar-refractivity contribution in [3.63, 3.8) is 0 Å². The molecule has 0 saturated carbocycles. The Morgan fingerprint density at radius 1 is 0.727 bits per heavy atom. The van der Waals surface area contributed by atoms with E-state index in [1.807, 2.05) is 65.8 Å². The van der Waals surface area contributed by atoms with Gasteiger partial charge in [0.15, 0.2) is 0 Å². The van der Waals surface area contributed by atoms with Crippen LogP contribution in [0.25, 0.3) is 0 Å². The van der Waals surface area contributed by atoms with Crippen LogP contribution in [0.2, 0.25) is 0 Å². The molecule has 0 aliphatic rings. The second-order valence-electron chi connectivity index (χ2n) is 6.07. The van der Waals surface area contributed by atoms with Crippen LogP contribution in [0.3, 0.4) is 0 Å². The van der Waals surface area contributed by atoms with E-state index >= 15 is 0 Å². The van der Waals surface area contributed by atoms with Crippen molar-refractivity contribution in [3.8, 4) is 0 Å². The van der Waals surface area contributed by atoms with Crippen molar-refractivity contribution in [1.29, 1.82) is 0 Å². The standard InChI is InChI=1S/C18H23NO2S/c1-11-7-12(2)9-17(8-11)19-22(20,21)18-15(5)13(3)10-14(4)16(18)6/h7-10,19H,1-6H3. The Morgan fingerprint density at radius 3 is 1.64 bits per heavy atom. The SMILES string of the molecule is Cc1cc(C)cc(NS(=O)(=O)c2c(C)c(C)cc(C)c2C)c1. The van der Waals surface area contributed by atoms with Gasteiger partial charge in [-0.15, -0.1) is 0 Å². The van der Waals surface area contributed by atoms with E-state index in [0.717, 1.165) is 33.4 Å². The predicted octanol–water partition coefficient (Wildman–Crippen LogP) is 4.34. The van der Waals surface area contributed by atoms with Gasteiger partial charge in [0.1, 0.15) is 0 Å². The van der Waals surface area contributed by atoms with E-state index in [4.69, 9.17) is 0 Å². The lowest BCUT2D eigenvalue weighted by Crippen LogP contribution is -2.17. The van der Waals surface area contributed by atoms with Crippen molar-refractivity contribution in [2.24, 2.45) is 0 Å². The maximum Gasteiger partial charge on any atom is 0.262 e. The molecule has 1 N–H and O–H groups in total. The molecule has 0 bridgehead atoms. The summed E-state index contributed by atoms with van der Waals surface area (Å²) in [7, 11) is -3.60. The molecule has 3 nitrogen and oxygen atoms in total. The zero-order valence-electron chi connectivity index (χ0n) is 14.0. The third-order valence-corrected chi connectivity index (χ3v) is 5.69. The average molecular weight is 317 g/mol. The summed E-state index contributed by atoms with van der Waals surface area (Å²) >= 11 is 0. The molecule has 2 aromatic rings. The van der Waals surface area contributed by atoms with E-state index in [1.54, 1.807) is 0 Å². The van der Waals surface area contributed by atoms with Crippen molar-refractivity contribution in [2.75, 3.05) is 4.72 Å². The molecule has 0 unspecified atom stereocenters. The minimum atomic E-state index is -3.60. The second kappa shape index (κ2) is 5.76. The molecular weight excluding hydrogens is 294 g/mol. The normalized spacial score (nSPS) is 11.5. The number of aryl methyl sites for hydroxylation is 4. The van der Waals surface area contributed by atoms with Crippen LogP contribution in [0, 0.1) is 41.5 Å².